The van der Waals surface area contributed by atoms with Crippen LogP contribution in [0.25, 0.3) is 0 Å². The van der Waals surface area contributed by atoms with E-state index in [4.69, 9.17) is 0 Å². The highest BCUT2D eigenvalue weighted by molar-refractivity contribution is 6.03. The number of nitrogens with one attached hydrogen (secondary N) is 1. The van der Waals surface area contributed by atoms with Gasteiger partial charge < -0.3 is 10.4 Å². The van der Waals surface area contributed by atoms with E-state index in [1.165, 1.54) is 49.4 Å². The summed E-state index contributed by atoms with van der Waals surface area (Å²) in [5.74, 6) is 1.01. The Morgan fingerprint density at radius 1 is 1.28 bits per heavy atom. The third-order valence-electron chi connectivity index (χ3n) is 6.81. The molecule has 5 rings (SSSR count). The average molecular weight is 345 g/mol. The van der Waals surface area contributed by atoms with Crippen LogP contribution in [0.4, 0.5) is 0 Å². The lowest BCUT2D eigenvalue weighted by atomic mass is 9.47. The number of hydrogen-bond acceptors (Lipinski definition) is 3. The van der Waals surface area contributed by atoms with Crippen LogP contribution in [-0.4, -0.2) is 32.8 Å². The molecule has 4 saturated carbocycles. The van der Waals surface area contributed by atoms with E-state index >= 15 is 0 Å². The predicted molar refractivity (Wildman–Crippen MR) is 92.3 cm³/mol. The van der Waals surface area contributed by atoms with Crippen molar-refractivity contribution in [3.8, 4) is 0 Å². The summed E-state index contributed by atoms with van der Waals surface area (Å²) in [7, 11) is 1.64. The highest BCUT2D eigenvalue weighted by Gasteiger charge is 2.54. The van der Waals surface area contributed by atoms with Crippen LogP contribution in [0.2, 0.25) is 0 Å². The molecule has 1 aromatic rings. The molecular weight excluding hydrogens is 318 g/mol. The molecule has 136 valence electrons. The zero-order chi connectivity index (χ0) is 17.8. The Morgan fingerprint density at radius 2 is 1.84 bits per heavy atom. The van der Waals surface area contributed by atoms with Crippen molar-refractivity contribution in [2.24, 2.45) is 30.2 Å². The van der Waals surface area contributed by atoms with Crippen molar-refractivity contribution in [2.75, 3.05) is 0 Å². The van der Waals surface area contributed by atoms with Gasteiger partial charge in [0, 0.05) is 19.3 Å². The van der Waals surface area contributed by atoms with Crippen molar-refractivity contribution in [1.29, 1.82) is 0 Å². The van der Waals surface area contributed by atoms with Crippen LogP contribution in [0, 0.1) is 23.2 Å². The first kappa shape index (κ1) is 16.6. The summed E-state index contributed by atoms with van der Waals surface area (Å²) in [5, 5.41) is 16.6. The van der Waals surface area contributed by atoms with Crippen LogP contribution in [0.3, 0.4) is 0 Å². The number of amides is 1. The maximum atomic E-state index is 12.8. The average Bonchev–Trinajstić information content (AvgIpc) is 2.93. The van der Waals surface area contributed by atoms with Gasteiger partial charge in [0.05, 0.1) is 0 Å². The predicted octanol–water partition coefficient (Wildman–Crippen LogP) is 2.84. The Balaban J connectivity index is 1.57. The molecule has 0 saturated heterocycles. The summed E-state index contributed by atoms with van der Waals surface area (Å²) in [6.07, 6.45) is 10.0. The number of nitrogens with zero attached hydrogens (tertiary/aromatic N) is 2. The van der Waals surface area contributed by atoms with Gasteiger partial charge in [-0.25, -0.2) is 4.79 Å². The van der Waals surface area contributed by atoms with E-state index < -0.39 is 5.97 Å². The van der Waals surface area contributed by atoms with Gasteiger partial charge in [0.25, 0.3) is 5.91 Å². The molecule has 1 aromatic heterocycles. The van der Waals surface area contributed by atoms with Gasteiger partial charge in [0.2, 0.25) is 0 Å². The van der Waals surface area contributed by atoms with Gasteiger partial charge in [-0.15, -0.1) is 0 Å². The van der Waals surface area contributed by atoms with Gasteiger partial charge in [-0.2, -0.15) is 5.10 Å². The van der Waals surface area contributed by atoms with E-state index in [1.54, 1.807) is 7.05 Å². The number of hydrogen-bond donors (Lipinski definition) is 2. The van der Waals surface area contributed by atoms with E-state index in [0.29, 0.717) is 0 Å². The number of aryl methyl sites for hydroxylation is 1. The van der Waals surface area contributed by atoms with Crippen LogP contribution in [0.15, 0.2) is 6.20 Å². The van der Waals surface area contributed by atoms with Crippen molar-refractivity contribution < 1.29 is 14.7 Å². The smallest absolute Gasteiger partial charge is 0.339 e. The van der Waals surface area contributed by atoms with Crippen LogP contribution in [-0.2, 0) is 7.05 Å². The topological polar surface area (TPSA) is 84.2 Å². The highest BCUT2D eigenvalue weighted by atomic mass is 16.4. The lowest BCUT2D eigenvalue weighted by molar-refractivity contribution is -0.0727. The summed E-state index contributed by atoms with van der Waals surface area (Å²) >= 11 is 0. The summed E-state index contributed by atoms with van der Waals surface area (Å²) in [4.78, 5) is 24.2. The fraction of sp³-hybridized carbons (Fsp3) is 0.737. The van der Waals surface area contributed by atoms with Gasteiger partial charge in [-0.05, 0) is 68.1 Å². The third kappa shape index (κ3) is 2.75. The van der Waals surface area contributed by atoms with Crippen LogP contribution in [0.5, 0.6) is 0 Å². The van der Waals surface area contributed by atoms with Crippen molar-refractivity contribution in [3.05, 3.63) is 17.5 Å². The summed E-state index contributed by atoms with van der Waals surface area (Å²) in [6, 6.07) is 0.108. The third-order valence-corrected chi connectivity index (χ3v) is 6.81. The molecule has 0 radical (unpaired) electrons. The fourth-order valence-electron chi connectivity index (χ4n) is 6.33. The van der Waals surface area contributed by atoms with Gasteiger partial charge in [0.15, 0.2) is 5.69 Å². The Morgan fingerprint density at radius 3 is 2.32 bits per heavy atom. The molecule has 1 atom stereocenters. The van der Waals surface area contributed by atoms with E-state index in [1.807, 2.05) is 0 Å². The second-order valence-corrected chi connectivity index (χ2v) is 8.58. The van der Waals surface area contributed by atoms with Gasteiger partial charge >= 0.3 is 5.97 Å². The number of aromatic carboxylic acids is 1. The molecule has 0 spiro atoms. The number of carboxylic acids is 1. The minimum absolute atomic E-state index is 0.0261. The molecule has 1 heterocycles. The number of aromatic nitrogens is 2. The lowest BCUT2D eigenvalue weighted by Crippen LogP contribution is -2.56. The molecule has 25 heavy (non-hydrogen) atoms. The molecule has 2 N–H and O–H groups in total. The Labute approximate surface area is 148 Å². The van der Waals surface area contributed by atoms with Crippen LogP contribution in [0.1, 0.15) is 72.7 Å². The fourth-order valence-corrected chi connectivity index (χ4v) is 6.33. The number of carbonyl (C=O) groups is 2. The number of rotatable bonds is 5. The van der Waals surface area contributed by atoms with Crippen LogP contribution >= 0.6 is 0 Å². The molecule has 6 nitrogen and oxygen atoms in total. The normalized spacial score (nSPS) is 34.1. The first-order valence-electron chi connectivity index (χ1n) is 9.48. The standard InChI is InChI=1S/C19H27N3O3/c1-3-15(19-7-11-4-12(8-19)6-13(5-11)9-19)20-17(23)16-14(18(24)25)10-22(2)21-16/h10-13,15H,3-9H2,1-2H3,(H,20,23)(H,24,25)/t11?,12?,13?,15-,19?/m1/s1. The number of carboxylic acid groups (broad SMARTS) is 1. The van der Waals surface area contributed by atoms with Crippen molar-refractivity contribution >= 4 is 11.9 Å². The van der Waals surface area contributed by atoms with E-state index in [2.05, 4.69) is 17.3 Å². The van der Waals surface area contributed by atoms with Crippen LogP contribution < -0.4 is 5.32 Å². The minimum atomic E-state index is -1.11. The Bertz CT molecular complexity index is 673. The van der Waals surface area contributed by atoms with E-state index in [0.717, 1.165) is 24.2 Å². The maximum Gasteiger partial charge on any atom is 0.339 e. The second-order valence-electron chi connectivity index (χ2n) is 8.58. The maximum absolute atomic E-state index is 12.8. The molecule has 4 aliphatic carbocycles. The summed E-state index contributed by atoms with van der Waals surface area (Å²) in [5.41, 5.74) is 0.204. The quantitative estimate of drug-likeness (QED) is 0.859. The zero-order valence-corrected chi connectivity index (χ0v) is 15.0. The molecule has 4 bridgehead atoms. The second kappa shape index (κ2) is 5.85. The molecule has 4 fully saturated rings. The van der Waals surface area contributed by atoms with E-state index in [-0.39, 0.29) is 28.6 Å². The molecule has 6 heteroatoms. The van der Waals surface area contributed by atoms with Crippen molar-refractivity contribution in [3.63, 3.8) is 0 Å². The molecule has 0 aliphatic heterocycles. The Hall–Kier alpha value is -1.85. The Kier molecular flexibility index (Phi) is 3.89. The zero-order valence-electron chi connectivity index (χ0n) is 15.0. The molecular formula is C19H27N3O3. The highest BCUT2D eigenvalue weighted by Crippen LogP contribution is 2.61. The van der Waals surface area contributed by atoms with Gasteiger partial charge in [-0.1, -0.05) is 6.92 Å². The summed E-state index contributed by atoms with van der Waals surface area (Å²) < 4.78 is 1.39. The SMILES string of the molecule is CC[C@@H](NC(=O)c1nn(C)cc1C(=O)O)C12CC3CC(CC(C3)C1)C2. The largest absolute Gasteiger partial charge is 0.478 e. The lowest BCUT2D eigenvalue weighted by Gasteiger charge is -2.59. The molecule has 0 unspecified atom stereocenters. The first-order valence-corrected chi connectivity index (χ1v) is 9.48. The van der Waals surface area contributed by atoms with Crippen molar-refractivity contribution in [1.82, 2.24) is 15.1 Å². The van der Waals surface area contributed by atoms with Gasteiger partial charge in [0.1, 0.15) is 5.56 Å². The molecule has 4 aliphatic rings. The van der Waals surface area contributed by atoms with Crippen molar-refractivity contribution in [2.45, 2.75) is 57.9 Å². The van der Waals surface area contributed by atoms with E-state index in [9.17, 15) is 14.7 Å². The summed E-state index contributed by atoms with van der Waals surface area (Å²) in [6.45, 7) is 2.13. The minimum Gasteiger partial charge on any atom is -0.478 e. The number of carbonyl (C=O) groups excluding carboxylic acids is 1. The molecule has 1 amide bonds. The van der Waals surface area contributed by atoms with Gasteiger partial charge in [-0.3, -0.25) is 9.48 Å². The molecule has 0 aromatic carbocycles. The monoisotopic (exact) mass is 345 g/mol. The first-order chi connectivity index (χ1) is 11.9.